The van der Waals surface area contributed by atoms with Crippen molar-refractivity contribution in [1.29, 1.82) is 0 Å². The average molecular weight is 293 g/mol. The fourth-order valence-electron chi connectivity index (χ4n) is 1.35. The van der Waals surface area contributed by atoms with E-state index in [1.54, 1.807) is 0 Å². The van der Waals surface area contributed by atoms with Gasteiger partial charge in [-0.25, -0.2) is 4.79 Å². The molecule has 0 saturated carbocycles. The third-order valence-electron chi connectivity index (χ3n) is 2.08. The number of cyclic esters (lactones) is 2. The summed E-state index contributed by atoms with van der Waals surface area (Å²) in [7, 11) is -3.85. The molecule has 18 heavy (non-hydrogen) atoms. The number of hydrogen-bond acceptors (Lipinski definition) is 6. The highest BCUT2D eigenvalue weighted by Gasteiger charge is 2.31. The molecular weight excluding hydrogens is 284 g/mol. The first kappa shape index (κ1) is 13.0. The van der Waals surface area contributed by atoms with Crippen LogP contribution in [0.25, 0.3) is 0 Å². The van der Waals surface area contributed by atoms with E-state index in [9.17, 15) is 13.2 Å². The van der Waals surface area contributed by atoms with Crippen LogP contribution in [0.15, 0.2) is 24.3 Å². The van der Waals surface area contributed by atoms with Crippen molar-refractivity contribution in [2.75, 3.05) is 12.4 Å². The number of hydrogen-bond donors (Lipinski definition) is 0. The van der Waals surface area contributed by atoms with E-state index in [2.05, 4.69) is 9.47 Å². The summed E-state index contributed by atoms with van der Waals surface area (Å²) >= 11 is 5.66. The van der Waals surface area contributed by atoms with Crippen molar-refractivity contribution in [3.8, 4) is 5.75 Å². The Morgan fingerprint density at radius 1 is 1.33 bits per heavy atom. The Morgan fingerprint density at radius 3 is 2.56 bits per heavy atom. The zero-order valence-electron chi connectivity index (χ0n) is 9.04. The Bertz CT molecular complexity index is 538. The second-order valence-electron chi connectivity index (χ2n) is 3.56. The lowest BCUT2D eigenvalue weighted by molar-refractivity contribution is 0.122. The van der Waals surface area contributed by atoms with Crippen LogP contribution in [0, 0.1) is 0 Å². The first-order chi connectivity index (χ1) is 8.44. The highest BCUT2D eigenvalue weighted by Crippen LogP contribution is 2.18. The van der Waals surface area contributed by atoms with E-state index in [4.69, 9.17) is 15.8 Å². The van der Waals surface area contributed by atoms with Crippen LogP contribution in [-0.4, -0.2) is 33.0 Å². The van der Waals surface area contributed by atoms with Gasteiger partial charge >= 0.3 is 16.3 Å². The quantitative estimate of drug-likeness (QED) is 0.619. The highest BCUT2D eigenvalue weighted by atomic mass is 35.5. The molecule has 1 heterocycles. The summed E-state index contributed by atoms with van der Waals surface area (Å²) in [5.74, 6) is -0.314. The molecule has 2 rings (SSSR count). The largest absolute Gasteiger partial charge is 0.508 e. The summed E-state index contributed by atoms with van der Waals surface area (Å²) in [5, 5.41) is 0.470. The molecule has 0 bridgehead atoms. The molecule has 1 aromatic rings. The Labute approximate surface area is 109 Å². The lowest BCUT2D eigenvalue weighted by atomic mass is 10.3. The second-order valence-corrected chi connectivity index (χ2v) is 5.61. The number of rotatable bonds is 4. The molecule has 1 aliphatic rings. The maximum atomic E-state index is 11.6. The third kappa shape index (κ3) is 3.51. The van der Waals surface area contributed by atoms with Gasteiger partial charge in [-0.2, -0.15) is 8.42 Å². The van der Waals surface area contributed by atoms with Crippen molar-refractivity contribution < 1.29 is 26.9 Å². The smallest absolute Gasteiger partial charge is 0.430 e. The van der Waals surface area contributed by atoms with Crippen LogP contribution in [-0.2, 0) is 19.6 Å². The van der Waals surface area contributed by atoms with Gasteiger partial charge in [-0.05, 0) is 24.3 Å². The van der Waals surface area contributed by atoms with E-state index < -0.39 is 28.1 Å². The van der Waals surface area contributed by atoms with Gasteiger partial charge in [0.25, 0.3) is 0 Å². The summed E-state index contributed by atoms with van der Waals surface area (Å²) < 4.78 is 37.2. The molecule has 1 saturated heterocycles. The molecule has 0 spiro atoms. The predicted molar refractivity (Wildman–Crippen MR) is 62.1 cm³/mol. The molecule has 0 aliphatic carbocycles. The van der Waals surface area contributed by atoms with Gasteiger partial charge in [0.15, 0.2) is 6.10 Å². The van der Waals surface area contributed by atoms with Crippen LogP contribution in [0.4, 0.5) is 4.79 Å². The van der Waals surface area contributed by atoms with Crippen LogP contribution in [0.1, 0.15) is 0 Å². The van der Waals surface area contributed by atoms with Crippen molar-refractivity contribution in [3.05, 3.63) is 29.3 Å². The summed E-state index contributed by atoms with van der Waals surface area (Å²) in [4.78, 5) is 10.6. The van der Waals surface area contributed by atoms with Crippen LogP contribution in [0.5, 0.6) is 5.75 Å². The number of ether oxygens (including phenoxy) is 2. The van der Waals surface area contributed by atoms with Gasteiger partial charge in [0.05, 0.1) is 0 Å². The van der Waals surface area contributed by atoms with Gasteiger partial charge in [0.2, 0.25) is 0 Å². The summed E-state index contributed by atoms with van der Waals surface area (Å²) in [5.41, 5.74) is 0. The molecule has 1 aliphatic heterocycles. The monoisotopic (exact) mass is 292 g/mol. The minimum Gasteiger partial charge on any atom is -0.430 e. The Hall–Kier alpha value is -1.47. The van der Waals surface area contributed by atoms with Crippen molar-refractivity contribution >= 4 is 27.9 Å². The zero-order valence-corrected chi connectivity index (χ0v) is 10.6. The summed E-state index contributed by atoms with van der Waals surface area (Å²) in [6, 6.07) is 5.87. The first-order valence-electron chi connectivity index (χ1n) is 4.96. The highest BCUT2D eigenvalue weighted by molar-refractivity contribution is 7.87. The molecule has 1 aromatic carbocycles. The number of benzene rings is 1. The molecule has 1 fully saturated rings. The standard InChI is InChI=1S/C10H9ClO6S/c11-7-1-3-8(4-2-7)17-18(13,14)6-9-5-15-10(12)16-9/h1-4,9H,5-6H2. The fourth-order valence-corrected chi connectivity index (χ4v) is 2.56. The van der Waals surface area contributed by atoms with Crippen LogP contribution in [0.2, 0.25) is 5.02 Å². The number of carbonyl (C=O) groups is 1. The van der Waals surface area contributed by atoms with E-state index in [1.807, 2.05) is 0 Å². The molecule has 1 atom stereocenters. The average Bonchev–Trinajstić information content (AvgIpc) is 2.66. The van der Waals surface area contributed by atoms with Crippen LogP contribution < -0.4 is 4.18 Å². The van der Waals surface area contributed by atoms with Gasteiger partial charge < -0.3 is 13.7 Å². The van der Waals surface area contributed by atoms with Crippen molar-refractivity contribution in [2.45, 2.75) is 6.10 Å². The minimum absolute atomic E-state index is 0.0952. The molecule has 0 amide bonds. The van der Waals surface area contributed by atoms with Gasteiger partial charge in [-0.3, -0.25) is 0 Å². The summed E-state index contributed by atoms with van der Waals surface area (Å²) in [6.07, 6.45) is -1.71. The van der Waals surface area contributed by atoms with E-state index in [1.165, 1.54) is 24.3 Å². The van der Waals surface area contributed by atoms with Crippen LogP contribution in [0.3, 0.4) is 0 Å². The number of carbonyl (C=O) groups excluding carboxylic acids is 1. The molecule has 1 unspecified atom stereocenters. The molecule has 0 N–H and O–H groups in total. The van der Waals surface area contributed by atoms with Crippen molar-refractivity contribution in [2.24, 2.45) is 0 Å². The van der Waals surface area contributed by atoms with Crippen molar-refractivity contribution in [3.63, 3.8) is 0 Å². The van der Waals surface area contributed by atoms with E-state index in [-0.39, 0.29) is 12.4 Å². The van der Waals surface area contributed by atoms with E-state index >= 15 is 0 Å². The molecule has 98 valence electrons. The molecule has 0 aromatic heterocycles. The van der Waals surface area contributed by atoms with Gasteiger partial charge in [-0.15, -0.1) is 0 Å². The van der Waals surface area contributed by atoms with E-state index in [0.29, 0.717) is 5.02 Å². The van der Waals surface area contributed by atoms with Gasteiger partial charge in [-0.1, -0.05) is 11.6 Å². The SMILES string of the molecule is O=C1OCC(CS(=O)(=O)Oc2ccc(Cl)cc2)O1. The number of halogens is 1. The Kier molecular flexibility index (Phi) is 3.63. The van der Waals surface area contributed by atoms with E-state index in [0.717, 1.165) is 0 Å². The first-order valence-corrected chi connectivity index (χ1v) is 6.91. The molecular formula is C10H9ClO6S. The third-order valence-corrected chi connectivity index (χ3v) is 3.56. The molecule has 6 nitrogen and oxygen atoms in total. The molecule has 0 radical (unpaired) electrons. The molecule has 8 heteroatoms. The zero-order chi connectivity index (χ0) is 13.2. The van der Waals surface area contributed by atoms with Gasteiger partial charge in [0, 0.05) is 5.02 Å². The fraction of sp³-hybridized carbons (Fsp3) is 0.300. The summed E-state index contributed by atoms with van der Waals surface area (Å²) in [6.45, 7) is -0.0952. The predicted octanol–water partition coefficient (Wildman–Crippen LogP) is 1.58. The maximum absolute atomic E-state index is 11.6. The van der Waals surface area contributed by atoms with Crippen molar-refractivity contribution in [1.82, 2.24) is 0 Å². The lowest BCUT2D eigenvalue weighted by Gasteiger charge is -2.09. The normalized spacial score (nSPS) is 19.2. The minimum atomic E-state index is -3.85. The second kappa shape index (κ2) is 5.03. The topological polar surface area (TPSA) is 78.9 Å². The van der Waals surface area contributed by atoms with Gasteiger partial charge in [0.1, 0.15) is 18.1 Å². The Morgan fingerprint density at radius 2 is 2.00 bits per heavy atom. The maximum Gasteiger partial charge on any atom is 0.508 e. The lowest BCUT2D eigenvalue weighted by Crippen LogP contribution is -2.26. The Balaban J connectivity index is 1.99. The van der Waals surface area contributed by atoms with Crippen LogP contribution >= 0.6 is 11.6 Å².